The number of rotatable bonds is 6. The van der Waals surface area contributed by atoms with Crippen LogP contribution in [0.2, 0.25) is 0 Å². The Kier molecular flexibility index (Phi) is 4.77. The van der Waals surface area contributed by atoms with E-state index in [4.69, 9.17) is 4.42 Å². The zero-order valence-corrected chi connectivity index (χ0v) is 13.5. The first kappa shape index (κ1) is 16.4. The minimum absolute atomic E-state index is 0.0638. The van der Waals surface area contributed by atoms with Crippen LogP contribution >= 0.6 is 11.3 Å². The molecule has 3 heterocycles. The van der Waals surface area contributed by atoms with Crippen molar-refractivity contribution in [2.75, 3.05) is 13.1 Å². The molecule has 0 radical (unpaired) electrons. The van der Waals surface area contributed by atoms with Crippen LogP contribution in [0, 0.1) is 0 Å². The summed E-state index contributed by atoms with van der Waals surface area (Å²) in [7, 11) is 0. The van der Waals surface area contributed by atoms with Gasteiger partial charge in [0.2, 0.25) is 17.7 Å². The topological polar surface area (TPSA) is 99.9 Å². The minimum atomic E-state index is -1.01. The highest BCUT2D eigenvalue weighted by Gasteiger charge is 2.30. The second-order valence-corrected chi connectivity index (χ2v) is 6.19. The van der Waals surface area contributed by atoms with Crippen molar-refractivity contribution in [3.05, 3.63) is 34.7 Å². The smallest absolute Gasteiger partial charge is 0.240 e. The number of aliphatic hydroxyl groups is 1. The van der Waals surface area contributed by atoms with E-state index in [0.29, 0.717) is 11.5 Å². The Morgan fingerprint density at radius 2 is 2.04 bits per heavy atom. The molecule has 2 aromatic heterocycles. The largest absolute Gasteiger partial charge is 0.458 e. The Hall–Kier alpha value is -2.45. The number of furan rings is 1. The summed E-state index contributed by atoms with van der Waals surface area (Å²) >= 11 is 1.54. The molecule has 2 N–H and O–H groups in total. The number of carbonyl (C=O) groups is 3. The maximum absolute atomic E-state index is 11.8. The summed E-state index contributed by atoms with van der Waals surface area (Å²) in [5.74, 6) is -0.207. The van der Waals surface area contributed by atoms with E-state index < -0.39 is 12.0 Å². The molecule has 0 aliphatic carbocycles. The molecular formula is C16H16N2O5S. The lowest BCUT2D eigenvalue weighted by atomic mass is 10.2. The van der Waals surface area contributed by atoms with Gasteiger partial charge >= 0.3 is 0 Å². The summed E-state index contributed by atoms with van der Waals surface area (Å²) in [5.41, 5.74) is 0.925. The van der Waals surface area contributed by atoms with Gasteiger partial charge in [-0.15, -0.1) is 0 Å². The summed E-state index contributed by atoms with van der Waals surface area (Å²) in [6, 6.07) is 5.31. The summed E-state index contributed by atoms with van der Waals surface area (Å²) in [6.07, 6.45) is -0.717. The molecule has 0 spiro atoms. The van der Waals surface area contributed by atoms with E-state index in [2.05, 4.69) is 5.32 Å². The zero-order chi connectivity index (χ0) is 17.1. The number of likely N-dealkylation sites (tertiary alicyclic amines) is 1. The van der Waals surface area contributed by atoms with Crippen LogP contribution in [-0.4, -0.2) is 40.8 Å². The van der Waals surface area contributed by atoms with Crippen LogP contribution in [0.25, 0.3) is 11.3 Å². The first-order valence-corrected chi connectivity index (χ1v) is 8.39. The third-order valence-electron chi connectivity index (χ3n) is 3.71. The van der Waals surface area contributed by atoms with Crippen LogP contribution in [0.15, 0.2) is 33.4 Å². The van der Waals surface area contributed by atoms with Crippen molar-refractivity contribution in [3.8, 4) is 11.3 Å². The maximum atomic E-state index is 11.8. The van der Waals surface area contributed by atoms with E-state index in [1.54, 1.807) is 23.5 Å². The van der Waals surface area contributed by atoms with E-state index >= 15 is 0 Å². The molecule has 3 amide bonds. The second kappa shape index (κ2) is 6.98. The summed E-state index contributed by atoms with van der Waals surface area (Å²) < 4.78 is 5.58. The standard InChI is InChI=1S/C16H16N2O5S/c19-11(13-2-1-12(23-13)10-5-6-24-9-10)7-17-14(20)8-18-15(21)3-4-16(18)22/h1-2,5-6,9,11,19H,3-4,7-8H2,(H,17,20). The summed E-state index contributed by atoms with van der Waals surface area (Å²) in [6.45, 7) is -0.381. The number of amides is 3. The molecule has 1 aliphatic rings. The van der Waals surface area contributed by atoms with Gasteiger partial charge in [-0.05, 0) is 23.6 Å². The predicted molar refractivity (Wildman–Crippen MR) is 85.9 cm³/mol. The van der Waals surface area contributed by atoms with Gasteiger partial charge in [0, 0.05) is 23.8 Å². The molecule has 2 aromatic rings. The van der Waals surface area contributed by atoms with Gasteiger partial charge in [0.1, 0.15) is 24.2 Å². The highest BCUT2D eigenvalue weighted by Crippen LogP contribution is 2.26. The summed E-state index contributed by atoms with van der Waals surface area (Å²) in [4.78, 5) is 35.7. The van der Waals surface area contributed by atoms with E-state index in [0.717, 1.165) is 10.5 Å². The third kappa shape index (κ3) is 3.55. The van der Waals surface area contributed by atoms with Gasteiger partial charge in [0.25, 0.3) is 0 Å². The van der Waals surface area contributed by atoms with Crippen molar-refractivity contribution in [2.24, 2.45) is 0 Å². The van der Waals surface area contributed by atoms with Crippen molar-refractivity contribution >= 4 is 29.1 Å². The number of nitrogens with one attached hydrogen (secondary N) is 1. The van der Waals surface area contributed by atoms with Crippen LogP contribution in [0.1, 0.15) is 24.7 Å². The van der Waals surface area contributed by atoms with Gasteiger partial charge in [-0.1, -0.05) is 0 Å². The Morgan fingerprint density at radius 3 is 2.71 bits per heavy atom. The van der Waals surface area contributed by atoms with Gasteiger partial charge in [0.15, 0.2) is 0 Å². The Labute approximate surface area is 141 Å². The monoisotopic (exact) mass is 348 g/mol. The summed E-state index contributed by atoms with van der Waals surface area (Å²) in [5, 5.41) is 16.4. The van der Waals surface area contributed by atoms with Crippen molar-refractivity contribution in [3.63, 3.8) is 0 Å². The van der Waals surface area contributed by atoms with Crippen molar-refractivity contribution in [1.29, 1.82) is 0 Å². The van der Waals surface area contributed by atoms with Gasteiger partial charge in [0.05, 0.1) is 6.54 Å². The Bertz CT molecular complexity index is 736. The third-order valence-corrected chi connectivity index (χ3v) is 4.39. The lowest BCUT2D eigenvalue weighted by Crippen LogP contribution is -2.41. The lowest BCUT2D eigenvalue weighted by molar-refractivity contribution is -0.142. The first-order valence-electron chi connectivity index (χ1n) is 7.45. The highest BCUT2D eigenvalue weighted by atomic mass is 32.1. The molecule has 1 fully saturated rings. The fourth-order valence-electron chi connectivity index (χ4n) is 2.40. The number of thiophene rings is 1. The van der Waals surface area contributed by atoms with Crippen LogP contribution in [-0.2, 0) is 14.4 Å². The number of carbonyl (C=O) groups excluding carboxylic acids is 3. The zero-order valence-electron chi connectivity index (χ0n) is 12.7. The van der Waals surface area contributed by atoms with Crippen molar-refractivity contribution in [1.82, 2.24) is 10.2 Å². The maximum Gasteiger partial charge on any atom is 0.240 e. The Morgan fingerprint density at radius 1 is 1.29 bits per heavy atom. The number of hydrogen-bond donors (Lipinski definition) is 2. The average Bonchev–Trinajstić information content (AvgIpc) is 3.29. The van der Waals surface area contributed by atoms with Gasteiger partial charge in [-0.25, -0.2) is 0 Å². The molecule has 126 valence electrons. The van der Waals surface area contributed by atoms with Gasteiger partial charge in [-0.2, -0.15) is 11.3 Å². The highest BCUT2D eigenvalue weighted by molar-refractivity contribution is 7.08. The molecule has 3 rings (SSSR count). The normalized spacial score (nSPS) is 15.8. The van der Waals surface area contributed by atoms with Crippen LogP contribution in [0.5, 0.6) is 0 Å². The molecule has 1 unspecified atom stereocenters. The SMILES string of the molecule is O=C(CN1C(=O)CCC1=O)NCC(O)c1ccc(-c2ccsc2)o1. The van der Waals surface area contributed by atoms with Crippen molar-refractivity contribution < 1.29 is 23.9 Å². The van der Waals surface area contributed by atoms with Gasteiger partial charge < -0.3 is 14.8 Å². The average molecular weight is 348 g/mol. The minimum Gasteiger partial charge on any atom is -0.458 e. The predicted octanol–water partition coefficient (Wildman–Crippen LogP) is 1.31. The molecule has 8 heteroatoms. The molecule has 0 bridgehead atoms. The molecular weight excluding hydrogens is 332 g/mol. The Balaban J connectivity index is 1.52. The molecule has 1 aliphatic heterocycles. The van der Waals surface area contributed by atoms with E-state index in [1.807, 2.05) is 16.8 Å². The lowest BCUT2D eigenvalue weighted by Gasteiger charge is -2.14. The van der Waals surface area contributed by atoms with Crippen LogP contribution in [0.4, 0.5) is 0 Å². The molecule has 0 saturated carbocycles. The van der Waals surface area contributed by atoms with Gasteiger partial charge in [-0.3, -0.25) is 19.3 Å². The molecule has 1 saturated heterocycles. The van der Waals surface area contributed by atoms with Crippen molar-refractivity contribution in [2.45, 2.75) is 18.9 Å². The first-order chi connectivity index (χ1) is 11.5. The number of aliphatic hydroxyl groups excluding tert-OH is 1. The van der Waals surface area contributed by atoms with Crippen LogP contribution in [0.3, 0.4) is 0 Å². The van der Waals surface area contributed by atoms with E-state index in [1.165, 1.54) is 0 Å². The van der Waals surface area contributed by atoms with Crippen LogP contribution < -0.4 is 5.32 Å². The molecule has 7 nitrogen and oxygen atoms in total. The van der Waals surface area contributed by atoms with E-state index in [9.17, 15) is 19.5 Å². The molecule has 24 heavy (non-hydrogen) atoms. The fraction of sp³-hybridized carbons (Fsp3) is 0.312. The van der Waals surface area contributed by atoms with E-state index in [-0.39, 0.29) is 37.7 Å². The second-order valence-electron chi connectivity index (χ2n) is 5.41. The number of nitrogens with zero attached hydrogens (tertiary/aromatic N) is 1. The molecule has 0 aromatic carbocycles. The number of imide groups is 1. The fourth-order valence-corrected chi connectivity index (χ4v) is 3.05. The quantitative estimate of drug-likeness (QED) is 0.767. The molecule has 1 atom stereocenters. The number of hydrogen-bond acceptors (Lipinski definition) is 6.